The van der Waals surface area contributed by atoms with Crippen molar-refractivity contribution in [2.75, 3.05) is 18.0 Å². The maximum absolute atomic E-state index is 13.3. The number of nitrogens with zero attached hydrogens (tertiary/aromatic N) is 2. The third-order valence-corrected chi connectivity index (χ3v) is 6.32. The highest BCUT2D eigenvalue weighted by Crippen LogP contribution is 2.48. The van der Waals surface area contributed by atoms with Gasteiger partial charge in [-0.3, -0.25) is 9.59 Å². The second kappa shape index (κ2) is 5.99. The third kappa shape index (κ3) is 2.41. The van der Waals surface area contributed by atoms with Crippen LogP contribution in [0.25, 0.3) is 0 Å². The average molecular weight is 354 g/mol. The van der Waals surface area contributed by atoms with Gasteiger partial charge >= 0.3 is 0 Å². The molecular weight excluding hydrogens is 332 g/mol. The SMILES string of the molecule is CC(C)N1C(=O)C2(CCN(C(=O)c3cccs3)CC2)c2ccccc21. The molecule has 5 heteroatoms. The maximum Gasteiger partial charge on any atom is 0.263 e. The molecule has 1 aromatic carbocycles. The van der Waals surface area contributed by atoms with Gasteiger partial charge in [0.15, 0.2) is 0 Å². The molecule has 2 aliphatic heterocycles. The van der Waals surface area contributed by atoms with E-state index in [0.717, 1.165) is 16.1 Å². The monoisotopic (exact) mass is 354 g/mol. The first-order valence-corrected chi connectivity index (χ1v) is 9.68. The van der Waals surface area contributed by atoms with Crippen molar-refractivity contribution in [2.24, 2.45) is 0 Å². The number of amides is 2. The minimum absolute atomic E-state index is 0.0873. The lowest BCUT2D eigenvalue weighted by atomic mass is 9.73. The Balaban J connectivity index is 1.62. The Morgan fingerprint density at radius 1 is 1.12 bits per heavy atom. The zero-order valence-corrected chi connectivity index (χ0v) is 15.4. The van der Waals surface area contributed by atoms with Crippen molar-refractivity contribution < 1.29 is 9.59 Å². The van der Waals surface area contributed by atoms with E-state index in [1.807, 2.05) is 45.5 Å². The number of benzene rings is 1. The fourth-order valence-electron chi connectivity index (χ4n) is 4.19. The molecule has 4 rings (SSSR count). The van der Waals surface area contributed by atoms with Crippen LogP contribution < -0.4 is 4.90 Å². The molecule has 0 N–H and O–H groups in total. The number of hydrogen-bond donors (Lipinski definition) is 0. The highest BCUT2D eigenvalue weighted by atomic mass is 32.1. The summed E-state index contributed by atoms with van der Waals surface area (Å²) in [7, 11) is 0. The van der Waals surface area contributed by atoms with Crippen LogP contribution in [0.2, 0.25) is 0 Å². The zero-order valence-electron chi connectivity index (χ0n) is 14.6. The molecular formula is C20H22N2O2S. The van der Waals surface area contributed by atoms with Crippen LogP contribution >= 0.6 is 11.3 Å². The molecule has 0 unspecified atom stereocenters. The summed E-state index contributed by atoms with van der Waals surface area (Å²) in [4.78, 5) is 30.5. The number of thiophene rings is 1. The molecule has 1 fully saturated rings. The molecule has 2 aliphatic rings. The Morgan fingerprint density at radius 3 is 2.48 bits per heavy atom. The van der Waals surface area contributed by atoms with Crippen molar-refractivity contribution >= 4 is 28.8 Å². The van der Waals surface area contributed by atoms with E-state index in [1.165, 1.54) is 11.3 Å². The highest BCUT2D eigenvalue weighted by molar-refractivity contribution is 7.12. The Bertz CT molecular complexity index is 805. The van der Waals surface area contributed by atoms with Gasteiger partial charge in [0, 0.05) is 24.8 Å². The Morgan fingerprint density at radius 2 is 1.84 bits per heavy atom. The first kappa shape index (κ1) is 16.3. The van der Waals surface area contributed by atoms with Gasteiger partial charge in [0.05, 0.1) is 10.3 Å². The van der Waals surface area contributed by atoms with Crippen LogP contribution in [0.4, 0.5) is 5.69 Å². The number of piperidine rings is 1. The van der Waals surface area contributed by atoms with Gasteiger partial charge in [0.1, 0.15) is 0 Å². The summed E-state index contributed by atoms with van der Waals surface area (Å²) in [6, 6.07) is 12.1. The smallest absolute Gasteiger partial charge is 0.263 e. The zero-order chi connectivity index (χ0) is 17.6. The van der Waals surface area contributed by atoms with E-state index in [9.17, 15) is 9.59 Å². The molecule has 1 saturated heterocycles. The molecule has 0 aliphatic carbocycles. The molecule has 25 heavy (non-hydrogen) atoms. The summed E-state index contributed by atoms with van der Waals surface area (Å²) in [5, 5.41) is 1.93. The predicted molar refractivity (Wildman–Crippen MR) is 100 cm³/mol. The minimum Gasteiger partial charge on any atom is -0.338 e. The quantitative estimate of drug-likeness (QED) is 0.825. The topological polar surface area (TPSA) is 40.6 Å². The Kier molecular flexibility index (Phi) is 3.91. The summed E-state index contributed by atoms with van der Waals surface area (Å²) in [6.45, 7) is 5.37. The van der Waals surface area contributed by atoms with Gasteiger partial charge in [-0.15, -0.1) is 11.3 Å². The summed E-state index contributed by atoms with van der Waals surface area (Å²) in [5.41, 5.74) is 1.71. The van der Waals surface area contributed by atoms with Gasteiger partial charge in [0.25, 0.3) is 5.91 Å². The molecule has 0 atom stereocenters. The van der Waals surface area contributed by atoms with Gasteiger partial charge in [-0.05, 0) is 49.8 Å². The molecule has 2 amide bonds. The van der Waals surface area contributed by atoms with E-state index in [-0.39, 0.29) is 17.9 Å². The van der Waals surface area contributed by atoms with Gasteiger partial charge in [0.2, 0.25) is 5.91 Å². The predicted octanol–water partition coefficient (Wildman–Crippen LogP) is 3.68. The van der Waals surface area contributed by atoms with Gasteiger partial charge in [-0.2, -0.15) is 0 Å². The van der Waals surface area contributed by atoms with Crippen LogP contribution in [0.3, 0.4) is 0 Å². The Labute approximate surface area is 152 Å². The number of para-hydroxylation sites is 1. The standard InChI is InChI=1S/C20H22N2O2S/c1-14(2)22-16-7-4-3-6-15(16)20(19(22)24)9-11-21(12-10-20)18(23)17-8-5-13-25-17/h3-8,13-14H,9-12H2,1-2H3. The van der Waals surface area contributed by atoms with E-state index in [0.29, 0.717) is 25.9 Å². The fraction of sp³-hybridized carbons (Fsp3) is 0.400. The molecule has 0 bridgehead atoms. The highest BCUT2D eigenvalue weighted by Gasteiger charge is 2.52. The molecule has 0 radical (unpaired) electrons. The summed E-state index contributed by atoms with van der Waals surface area (Å²) in [5.74, 6) is 0.288. The number of carbonyl (C=O) groups excluding carboxylic acids is 2. The van der Waals surface area contributed by atoms with Crippen molar-refractivity contribution in [2.45, 2.75) is 38.1 Å². The Hall–Kier alpha value is -2.14. The third-order valence-electron chi connectivity index (χ3n) is 5.46. The van der Waals surface area contributed by atoms with Crippen LogP contribution in [-0.2, 0) is 10.2 Å². The molecule has 4 nitrogen and oxygen atoms in total. The molecule has 1 aromatic heterocycles. The van der Waals surface area contributed by atoms with Crippen LogP contribution in [-0.4, -0.2) is 35.8 Å². The van der Waals surface area contributed by atoms with E-state index in [1.54, 1.807) is 0 Å². The lowest BCUT2D eigenvalue weighted by Gasteiger charge is -2.38. The number of carbonyl (C=O) groups is 2. The number of fused-ring (bicyclic) bond motifs is 2. The second-order valence-corrected chi connectivity index (χ2v) is 8.09. The van der Waals surface area contributed by atoms with E-state index < -0.39 is 5.41 Å². The van der Waals surface area contributed by atoms with Crippen molar-refractivity contribution in [1.29, 1.82) is 0 Å². The molecule has 130 valence electrons. The fourth-order valence-corrected chi connectivity index (χ4v) is 4.88. The number of hydrogen-bond acceptors (Lipinski definition) is 3. The summed E-state index contributed by atoms with van der Waals surface area (Å²) < 4.78 is 0. The first-order chi connectivity index (χ1) is 12.0. The van der Waals surface area contributed by atoms with Gasteiger partial charge < -0.3 is 9.80 Å². The molecule has 3 heterocycles. The van der Waals surface area contributed by atoms with Crippen molar-refractivity contribution in [3.63, 3.8) is 0 Å². The number of anilines is 1. The molecule has 2 aromatic rings. The van der Waals surface area contributed by atoms with Crippen LogP contribution in [0.5, 0.6) is 0 Å². The maximum atomic E-state index is 13.3. The van der Waals surface area contributed by atoms with Crippen molar-refractivity contribution in [3.8, 4) is 0 Å². The van der Waals surface area contributed by atoms with E-state index in [2.05, 4.69) is 19.9 Å². The van der Waals surface area contributed by atoms with Gasteiger partial charge in [-0.25, -0.2) is 0 Å². The van der Waals surface area contributed by atoms with Gasteiger partial charge in [-0.1, -0.05) is 24.3 Å². The average Bonchev–Trinajstić information content (AvgIpc) is 3.22. The van der Waals surface area contributed by atoms with Crippen LogP contribution in [0, 0.1) is 0 Å². The summed E-state index contributed by atoms with van der Waals surface area (Å²) >= 11 is 1.48. The van der Waals surface area contributed by atoms with E-state index in [4.69, 9.17) is 0 Å². The molecule has 1 spiro atoms. The number of rotatable bonds is 2. The summed E-state index contributed by atoms with van der Waals surface area (Å²) in [6.07, 6.45) is 1.40. The second-order valence-electron chi connectivity index (χ2n) is 7.14. The number of likely N-dealkylation sites (tertiary alicyclic amines) is 1. The van der Waals surface area contributed by atoms with Crippen LogP contribution in [0.15, 0.2) is 41.8 Å². The lowest BCUT2D eigenvalue weighted by Crippen LogP contribution is -2.51. The lowest BCUT2D eigenvalue weighted by molar-refractivity contribution is -0.125. The first-order valence-electron chi connectivity index (χ1n) is 8.80. The minimum atomic E-state index is -0.465. The van der Waals surface area contributed by atoms with E-state index >= 15 is 0 Å². The molecule has 0 saturated carbocycles. The van der Waals surface area contributed by atoms with Crippen molar-refractivity contribution in [3.05, 3.63) is 52.2 Å². The van der Waals surface area contributed by atoms with Crippen LogP contribution in [0.1, 0.15) is 41.9 Å². The normalized spacial score (nSPS) is 18.9. The van der Waals surface area contributed by atoms with Crippen molar-refractivity contribution in [1.82, 2.24) is 4.90 Å². The largest absolute Gasteiger partial charge is 0.338 e.